The van der Waals surface area contributed by atoms with E-state index in [1.54, 1.807) is 0 Å². The first-order valence-corrected chi connectivity index (χ1v) is 9.28. The number of benzene rings is 4. The van der Waals surface area contributed by atoms with E-state index in [-0.39, 0.29) is 0 Å². The Hall–Kier alpha value is -2.90. The molecule has 25 heavy (non-hydrogen) atoms. The molecule has 0 N–H and O–H groups in total. The highest BCUT2D eigenvalue weighted by atomic mass is 32.1. The SMILES string of the molecule is c1ccc(-c2cc3sc4ccccc4c3cc2-c2ccccc2)cc1. The Kier molecular flexibility index (Phi) is 3.39. The van der Waals surface area contributed by atoms with Crippen molar-refractivity contribution in [3.05, 3.63) is 97.1 Å². The van der Waals surface area contributed by atoms with Crippen molar-refractivity contribution in [2.24, 2.45) is 0 Å². The summed E-state index contributed by atoms with van der Waals surface area (Å²) in [6.07, 6.45) is 0. The van der Waals surface area contributed by atoms with Gasteiger partial charge >= 0.3 is 0 Å². The van der Waals surface area contributed by atoms with Gasteiger partial charge in [0, 0.05) is 20.2 Å². The number of hydrogen-bond donors (Lipinski definition) is 0. The summed E-state index contributed by atoms with van der Waals surface area (Å²) in [6.45, 7) is 0. The Morgan fingerprint density at radius 2 is 1.00 bits per heavy atom. The summed E-state index contributed by atoms with van der Waals surface area (Å²) in [7, 11) is 0. The van der Waals surface area contributed by atoms with Crippen molar-refractivity contribution in [2.75, 3.05) is 0 Å². The van der Waals surface area contributed by atoms with Crippen LogP contribution < -0.4 is 0 Å². The second kappa shape index (κ2) is 5.87. The van der Waals surface area contributed by atoms with Crippen LogP contribution in [0.25, 0.3) is 42.4 Å². The maximum Gasteiger partial charge on any atom is 0.0362 e. The molecule has 0 aliphatic carbocycles. The third-order valence-corrected chi connectivity index (χ3v) is 5.82. The van der Waals surface area contributed by atoms with Gasteiger partial charge in [0.05, 0.1) is 0 Å². The number of rotatable bonds is 2. The van der Waals surface area contributed by atoms with Crippen molar-refractivity contribution in [3.8, 4) is 22.3 Å². The quantitative estimate of drug-likeness (QED) is 0.315. The average molecular weight is 336 g/mol. The van der Waals surface area contributed by atoms with Crippen LogP contribution >= 0.6 is 11.3 Å². The van der Waals surface area contributed by atoms with Crippen LogP contribution in [0.15, 0.2) is 97.1 Å². The maximum atomic E-state index is 2.37. The smallest absolute Gasteiger partial charge is 0.0362 e. The van der Waals surface area contributed by atoms with E-state index in [1.807, 2.05) is 11.3 Å². The van der Waals surface area contributed by atoms with E-state index in [2.05, 4.69) is 97.1 Å². The predicted molar refractivity (Wildman–Crippen MR) is 110 cm³/mol. The van der Waals surface area contributed by atoms with E-state index < -0.39 is 0 Å². The van der Waals surface area contributed by atoms with Crippen LogP contribution in [0.4, 0.5) is 0 Å². The summed E-state index contributed by atoms with van der Waals surface area (Å²) in [6, 6.07) is 34.8. The van der Waals surface area contributed by atoms with Crippen molar-refractivity contribution < 1.29 is 0 Å². The molecule has 0 saturated carbocycles. The first kappa shape index (κ1) is 14.4. The molecule has 1 heterocycles. The fourth-order valence-corrected chi connectivity index (χ4v) is 4.61. The number of hydrogen-bond acceptors (Lipinski definition) is 1. The molecule has 5 rings (SSSR count). The molecule has 0 fully saturated rings. The van der Waals surface area contributed by atoms with Gasteiger partial charge in [-0.3, -0.25) is 0 Å². The first-order chi connectivity index (χ1) is 12.4. The summed E-state index contributed by atoms with van der Waals surface area (Å²) in [5.41, 5.74) is 5.12. The number of thiophene rings is 1. The largest absolute Gasteiger partial charge is 0.135 e. The number of fused-ring (bicyclic) bond motifs is 3. The molecule has 118 valence electrons. The fourth-order valence-electron chi connectivity index (χ4n) is 3.48. The Morgan fingerprint density at radius 3 is 1.68 bits per heavy atom. The lowest BCUT2D eigenvalue weighted by molar-refractivity contribution is 1.61. The summed E-state index contributed by atoms with van der Waals surface area (Å²) in [5.74, 6) is 0. The normalized spacial score (nSPS) is 11.2. The third-order valence-electron chi connectivity index (χ3n) is 4.69. The summed E-state index contributed by atoms with van der Waals surface area (Å²) < 4.78 is 2.70. The highest BCUT2D eigenvalue weighted by Crippen LogP contribution is 2.41. The van der Waals surface area contributed by atoms with E-state index in [1.165, 1.54) is 42.4 Å². The molecule has 0 aliphatic rings. The van der Waals surface area contributed by atoms with E-state index in [0.717, 1.165) is 0 Å². The molecule has 4 aromatic carbocycles. The molecule has 0 atom stereocenters. The van der Waals surface area contributed by atoms with Crippen LogP contribution in [0, 0.1) is 0 Å². The lowest BCUT2D eigenvalue weighted by Gasteiger charge is -2.11. The van der Waals surface area contributed by atoms with Crippen molar-refractivity contribution in [1.82, 2.24) is 0 Å². The topological polar surface area (TPSA) is 0 Å². The zero-order valence-electron chi connectivity index (χ0n) is 13.6. The van der Waals surface area contributed by atoms with Crippen LogP contribution in [0.2, 0.25) is 0 Å². The van der Waals surface area contributed by atoms with Gasteiger partial charge in [0.1, 0.15) is 0 Å². The first-order valence-electron chi connectivity index (χ1n) is 8.46. The van der Waals surface area contributed by atoms with Gasteiger partial charge in [0.2, 0.25) is 0 Å². The Balaban J connectivity index is 1.89. The van der Waals surface area contributed by atoms with Crippen molar-refractivity contribution in [1.29, 1.82) is 0 Å². The van der Waals surface area contributed by atoms with Crippen molar-refractivity contribution in [2.45, 2.75) is 0 Å². The summed E-state index contributed by atoms with van der Waals surface area (Å²) in [4.78, 5) is 0. The van der Waals surface area contributed by atoms with Crippen molar-refractivity contribution >= 4 is 31.5 Å². The average Bonchev–Trinajstić information content (AvgIpc) is 3.06. The van der Waals surface area contributed by atoms with E-state index in [0.29, 0.717) is 0 Å². The van der Waals surface area contributed by atoms with Gasteiger partial charge in [-0.2, -0.15) is 0 Å². The van der Waals surface area contributed by atoms with E-state index >= 15 is 0 Å². The zero-order chi connectivity index (χ0) is 16.6. The molecule has 1 aromatic heterocycles. The van der Waals surface area contributed by atoms with Crippen LogP contribution in [-0.4, -0.2) is 0 Å². The van der Waals surface area contributed by atoms with Gasteiger partial charge in [-0.25, -0.2) is 0 Å². The molecule has 0 saturated heterocycles. The molecule has 0 nitrogen and oxygen atoms in total. The minimum absolute atomic E-state index is 1.26. The Labute approximate surface area is 151 Å². The molecule has 0 bridgehead atoms. The van der Waals surface area contributed by atoms with Gasteiger partial charge < -0.3 is 0 Å². The second-order valence-corrected chi connectivity index (χ2v) is 7.31. The Morgan fingerprint density at radius 1 is 0.440 bits per heavy atom. The third kappa shape index (κ3) is 2.45. The van der Waals surface area contributed by atoms with Gasteiger partial charge in [-0.05, 0) is 40.5 Å². The van der Waals surface area contributed by atoms with E-state index in [4.69, 9.17) is 0 Å². The molecule has 5 aromatic rings. The van der Waals surface area contributed by atoms with Crippen molar-refractivity contribution in [3.63, 3.8) is 0 Å². The van der Waals surface area contributed by atoms with E-state index in [9.17, 15) is 0 Å². The minimum Gasteiger partial charge on any atom is -0.135 e. The molecule has 1 heteroatoms. The highest BCUT2D eigenvalue weighted by Gasteiger charge is 2.12. The van der Waals surface area contributed by atoms with Crippen LogP contribution in [0.5, 0.6) is 0 Å². The molecule has 0 radical (unpaired) electrons. The summed E-state index contributed by atoms with van der Waals surface area (Å²) in [5, 5.41) is 2.69. The van der Waals surface area contributed by atoms with Crippen LogP contribution in [0.1, 0.15) is 0 Å². The minimum atomic E-state index is 1.26. The van der Waals surface area contributed by atoms with Gasteiger partial charge in [-0.1, -0.05) is 78.9 Å². The zero-order valence-corrected chi connectivity index (χ0v) is 14.5. The molecule has 0 aliphatic heterocycles. The molecule has 0 amide bonds. The predicted octanol–water partition coefficient (Wildman–Crippen LogP) is 7.39. The second-order valence-electron chi connectivity index (χ2n) is 6.22. The molecular formula is C24H16S. The van der Waals surface area contributed by atoms with Crippen LogP contribution in [-0.2, 0) is 0 Å². The molecular weight excluding hydrogens is 320 g/mol. The monoisotopic (exact) mass is 336 g/mol. The highest BCUT2D eigenvalue weighted by molar-refractivity contribution is 7.25. The molecule has 0 spiro atoms. The van der Waals surface area contributed by atoms with Crippen LogP contribution in [0.3, 0.4) is 0 Å². The fraction of sp³-hybridized carbons (Fsp3) is 0. The maximum absolute atomic E-state index is 2.37. The lowest BCUT2D eigenvalue weighted by atomic mass is 9.93. The van der Waals surface area contributed by atoms with Gasteiger partial charge in [-0.15, -0.1) is 11.3 Å². The Bertz CT molecular complexity index is 1170. The lowest BCUT2D eigenvalue weighted by Crippen LogP contribution is -1.85. The van der Waals surface area contributed by atoms with Gasteiger partial charge in [0.15, 0.2) is 0 Å². The summed E-state index contributed by atoms with van der Waals surface area (Å²) >= 11 is 1.87. The molecule has 0 unspecified atom stereocenters. The standard InChI is InChI=1S/C24H16S/c1-3-9-17(10-4-1)20-15-22-19-13-7-8-14-23(19)25-24(22)16-21(20)18-11-5-2-6-12-18/h1-16H. The van der Waals surface area contributed by atoms with Gasteiger partial charge in [0.25, 0.3) is 0 Å².